The van der Waals surface area contributed by atoms with Crippen molar-refractivity contribution in [3.63, 3.8) is 0 Å². The number of carboxylic acid groups (broad SMARTS) is 1. The van der Waals surface area contributed by atoms with Crippen LogP contribution >= 0.6 is 0 Å². The fraction of sp³-hybridized carbons (Fsp3) is 0.188. The molecule has 1 unspecified atom stereocenters. The number of carboxylic acids is 1. The Kier molecular flexibility index (Phi) is 3.85. The molecule has 0 fully saturated rings. The predicted octanol–water partition coefficient (Wildman–Crippen LogP) is 3.87. The second-order valence-corrected chi connectivity index (χ2v) is 4.66. The van der Waals surface area contributed by atoms with E-state index in [1.165, 1.54) is 11.1 Å². The lowest BCUT2D eigenvalue weighted by molar-refractivity contribution is 0.0697. The number of aromatic carboxylic acids is 1. The van der Waals surface area contributed by atoms with Crippen LogP contribution < -0.4 is 5.32 Å². The largest absolute Gasteiger partial charge is 0.478 e. The predicted molar refractivity (Wildman–Crippen MR) is 76.6 cm³/mol. The molecule has 1 atom stereocenters. The lowest BCUT2D eigenvalue weighted by atomic mass is 10.1. The number of carbonyl (C=O) groups is 1. The van der Waals surface area contributed by atoms with E-state index >= 15 is 0 Å². The highest BCUT2D eigenvalue weighted by Crippen LogP contribution is 2.20. The zero-order chi connectivity index (χ0) is 13.8. The molecule has 2 aromatic carbocycles. The molecule has 0 aliphatic rings. The summed E-state index contributed by atoms with van der Waals surface area (Å²) in [7, 11) is 0. The van der Waals surface area contributed by atoms with Gasteiger partial charge in [0.05, 0.1) is 5.56 Å². The van der Waals surface area contributed by atoms with E-state index in [1.54, 1.807) is 18.2 Å². The molecule has 0 bridgehead atoms. The molecule has 2 N–H and O–H groups in total. The fourth-order valence-corrected chi connectivity index (χ4v) is 1.93. The van der Waals surface area contributed by atoms with Gasteiger partial charge < -0.3 is 10.4 Å². The number of nitrogens with one attached hydrogen (secondary N) is 1. The zero-order valence-electron chi connectivity index (χ0n) is 11.1. The molecule has 0 amide bonds. The smallest absolute Gasteiger partial charge is 0.335 e. The summed E-state index contributed by atoms with van der Waals surface area (Å²) in [4.78, 5) is 10.9. The third-order valence-electron chi connectivity index (χ3n) is 3.07. The van der Waals surface area contributed by atoms with E-state index in [9.17, 15) is 4.79 Å². The van der Waals surface area contributed by atoms with Crippen LogP contribution in [0.2, 0.25) is 0 Å². The Labute approximate surface area is 112 Å². The molecule has 2 aromatic rings. The third-order valence-corrected chi connectivity index (χ3v) is 3.07. The number of hydrogen-bond donors (Lipinski definition) is 2. The van der Waals surface area contributed by atoms with E-state index in [4.69, 9.17) is 5.11 Å². The Morgan fingerprint density at radius 3 is 2.47 bits per heavy atom. The highest BCUT2D eigenvalue weighted by Gasteiger charge is 2.07. The van der Waals surface area contributed by atoms with E-state index in [0.717, 1.165) is 5.69 Å². The Morgan fingerprint density at radius 2 is 1.84 bits per heavy atom. The minimum absolute atomic E-state index is 0.129. The fourth-order valence-electron chi connectivity index (χ4n) is 1.93. The Bertz CT molecular complexity index is 576. The Hall–Kier alpha value is -2.29. The van der Waals surface area contributed by atoms with Crippen molar-refractivity contribution >= 4 is 11.7 Å². The summed E-state index contributed by atoms with van der Waals surface area (Å²) < 4.78 is 0. The van der Waals surface area contributed by atoms with Crippen molar-refractivity contribution in [2.24, 2.45) is 0 Å². The first-order chi connectivity index (χ1) is 9.06. The number of anilines is 1. The van der Waals surface area contributed by atoms with Crippen molar-refractivity contribution in [1.82, 2.24) is 0 Å². The van der Waals surface area contributed by atoms with Crippen LogP contribution in [0.5, 0.6) is 0 Å². The van der Waals surface area contributed by atoms with Gasteiger partial charge in [-0.05, 0) is 37.6 Å². The molecule has 0 aromatic heterocycles. The van der Waals surface area contributed by atoms with E-state index in [-0.39, 0.29) is 6.04 Å². The van der Waals surface area contributed by atoms with Gasteiger partial charge in [0.15, 0.2) is 0 Å². The van der Waals surface area contributed by atoms with Crippen molar-refractivity contribution in [2.45, 2.75) is 19.9 Å². The number of aryl methyl sites for hydroxylation is 1. The molecule has 0 aliphatic carbocycles. The van der Waals surface area contributed by atoms with Gasteiger partial charge >= 0.3 is 5.97 Å². The summed E-state index contributed by atoms with van der Waals surface area (Å²) in [5, 5.41) is 12.3. The van der Waals surface area contributed by atoms with Gasteiger partial charge in [-0.15, -0.1) is 0 Å². The Balaban J connectivity index is 2.14. The SMILES string of the molecule is Cc1ccc(C(C)Nc2cccc(C(=O)O)c2)cc1. The van der Waals surface area contributed by atoms with E-state index < -0.39 is 5.97 Å². The van der Waals surface area contributed by atoms with Gasteiger partial charge in [0, 0.05) is 11.7 Å². The molecule has 3 nitrogen and oxygen atoms in total. The highest BCUT2D eigenvalue weighted by atomic mass is 16.4. The minimum atomic E-state index is -0.911. The number of benzene rings is 2. The molecule has 0 heterocycles. The summed E-state index contributed by atoms with van der Waals surface area (Å²) in [5.41, 5.74) is 3.50. The first-order valence-electron chi connectivity index (χ1n) is 6.23. The van der Waals surface area contributed by atoms with E-state index in [2.05, 4.69) is 43.4 Å². The highest BCUT2D eigenvalue weighted by molar-refractivity contribution is 5.88. The van der Waals surface area contributed by atoms with Gasteiger partial charge in [-0.25, -0.2) is 4.79 Å². The van der Waals surface area contributed by atoms with Gasteiger partial charge in [0.25, 0.3) is 0 Å². The summed E-state index contributed by atoms with van der Waals surface area (Å²) >= 11 is 0. The molecular weight excluding hydrogens is 238 g/mol. The van der Waals surface area contributed by atoms with Crippen LogP contribution in [0.1, 0.15) is 34.5 Å². The zero-order valence-corrected chi connectivity index (χ0v) is 11.1. The van der Waals surface area contributed by atoms with Gasteiger partial charge in [0.2, 0.25) is 0 Å². The first kappa shape index (κ1) is 13.1. The topological polar surface area (TPSA) is 49.3 Å². The molecule has 19 heavy (non-hydrogen) atoms. The monoisotopic (exact) mass is 255 g/mol. The molecule has 0 spiro atoms. The lowest BCUT2D eigenvalue weighted by Gasteiger charge is -2.16. The maximum atomic E-state index is 10.9. The molecular formula is C16H17NO2. The van der Waals surface area contributed by atoms with Crippen molar-refractivity contribution in [3.8, 4) is 0 Å². The lowest BCUT2D eigenvalue weighted by Crippen LogP contribution is -2.07. The van der Waals surface area contributed by atoms with E-state index in [1.807, 2.05) is 6.07 Å². The van der Waals surface area contributed by atoms with Crippen LogP contribution in [0, 0.1) is 6.92 Å². The van der Waals surface area contributed by atoms with Gasteiger partial charge in [-0.3, -0.25) is 0 Å². The summed E-state index contributed by atoms with van der Waals surface area (Å²) in [5.74, 6) is -0.911. The second kappa shape index (κ2) is 5.57. The van der Waals surface area contributed by atoms with Crippen molar-refractivity contribution < 1.29 is 9.90 Å². The molecule has 98 valence electrons. The molecule has 2 rings (SSSR count). The number of hydrogen-bond acceptors (Lipinski definition) is 2. The van der Waals surface area contributed by atoms with Crippen molar-refractivity contribution in [1.29, 1.82) is 0 Å². The maximum Gasteiger partial charge on any atom is 0.335 e. The van der Waals surface area contributed by atoms with Crippen LogP contribution in [0.3, 0.4) is 0 Å². The molecule has 3 heteroatoms. The van der Waals surface area contributed by atoms with Gasteiger partial charge in [0.1, 0.15) is 0 Å². The normalized spacial score (nSPS) is 11.9. The van der Waals surface area contributed by atoms with Crippen LogP contribution in [-0.2, 0) is 0 Å². The average molecular weight is 255 g/mol. The average Bonchev–Trinajstić information content (AvgIpc) is 2.39. The second-order valence-electron chi connectivity index (χ2n) is 4.66. The standard InChI is InChI=1S/C16H17NO2/c1-11-6-8-13(9-7-11)12(2)17-15-5-3-4-14(10-15)16(18)19/h3-10,12,17H,1-2H3,(H,18,19). The van der Waals surface area contributed by atoms with Crippen LogP contribution in [0.15, 0.2) is 48.5 Å². The maximum absolute atomic E-state index is 10.9. The quantitative estimate of drug-likeness (QED) is 0.872. The van der Waals surface area contributed by atoms with Gasteiger partial charge in [-0.1, -0.05) is 35.9 Å². The molecule has 0 radical (unpaired) electrons. The molecule has 0 aliphatic heterocycles. The number of rotatable bonds is 4. The van der Waals surface area contributed by atoms with Crippen LogP contribution in [0.4, 0.5) is 5.69 Å². The molecule has 0 saturated carbocycles. The Morgan fingerprint density at radius 1 is 1.16 bits per heavy atom. The summed E-state index contributed by atoms with van der Waals surface area (Å²) in [6.45, 7) is 4.11. The van der Waals surface area contributed by atoms with Crippen molar-refractivity contribution in [3.05, 3.63) is 65.2 Å². The first-order valence-corrected chi connectivity index (χ1v) is 6.23. The van der Waals surface area contributed by atoms with Crippen LogP contribution in [-0.4, -0.2) is 11.1 Å². The summed E-state index contributed by atoms with van der Waals surface area (Å²) in [6, 6.07) is 15.3. The van der Waals surface area contributed by atoms with Crippen LogP contribution in [0.25, 0.3) is 0 Å². The summed E-state index contributed by atoms with van der Waals surface area (Å²) in [6.07, 6.45) is 0. The van der Waals surface area contributed by atoms with Crippen molar-refractivity contribution in [2.75, 3.05) is 5.32 Å². The minimum Gasteiger partial charge on any atom is -0.478 e. The molecule has 0 saturated heterocycles. The van der Waals surface area contributed by atoms with Gasteiger partial charge in [-0.2, -0.15) is 0 Å². The van der Waals surface area contributed by atoms with E-state index in [0.29, 0.717) is 5.56 Å². The third kappa shape index (κ3) is 3.35.